The standard InChI is InChI=1S/Ca.3H2O.Sn/h;3*1H2;/q+2;;;;/p-2. The number of hydrogen-bond donors (Lipinski definition) is 0. The second-order valence-corrected chi connectivity index (χ2v) is 0. The molecule has 0 saturated heterocycles. The molecule has 0 aromatic carbocycles. The Hall–Kier alpha value is 1.94. The first-order chi connectivity index (χ1) is 0. The molecule has 3 nitrogen and oxygen atoms in total. The summed E-state index contributed by atoms with van der Waals surface area (Å²) in [7, 11) is 0. The van der Waals surface area contributed by atoms with Gasteiger partial charge in [0.2, 0.25) is 0 Å². The van der Waals surface area contributed by atoms with Gasteiger partial charge in [-0.25, -0.2) is 0 Å². The van der Waals surface area contributed by atoms with Gasteiger partial charge < -0.3 is 16.4 Å². The molecular formula is H4CaO3Sn. The molecule has 28 valence electrons. The van der Waals surface area contributed by atoms with E-state index >= 15 is 0 Å². The smallest absolute Gasteiger partial charge is 0.870 e. The zero-order chi connectivity index (χ0) is 0. The Morgan fingerprint density at radius 3 is 0.800 bits per heavy atom. The van der Waals surface area contributed by atoms with E-state index in [9.17, 15) is 0 Å². The third-order valence-corrected chi connectivity index (χ3v) is 0. The van der Waals surface area contributed by atoms with E-state index in [-0.39, 0.29) is 78.1 Å². The van der Waals surface area contributed by atoms with E-state index in [1.54, 1.807) is 0 Å². The SMILES string of the molecule is O.[Ca+2].[OH-].[OH-].[Sn]. The first kappa shape index (κ1) is 65.1. The van der Waals surface area contributed by atoms with Crippen molar-refractivity contribution in [2.24, 2.45) is 0 Å². The molecule has 0 aliphatic carbocycles. The Labute approximate surface area is 77.0 Å². The summed E-state index contributed by atoms with van der Waals surface area (Å²) in [6.07, 6.45) is 0. The predicted molar refractivity (Wildman–Crippen MR) is 19.0 cm³/mol. The molecule has 0 aliphatic rings. The van der Waals surface area contributed by atoms with Gasteiger partial charge in [0.05, 0.1) is 0 Å². The first-order valence-corrected chi connectivity index (χ1v) is 0. The van der Waals surface area contributed by atoms with E-state index in [1.807, 2.05) is 0 Å². The van der Waals surface area contributed by atoms with E-state index in [0.29, 0.717) is 0 Å². The van der Waals surface area contributed by atoms with Crippen molar-refractivity contribution in [3.05, 3.63) is 0 Å². The fraction of sp³-hybridized carbons (Fsp3) is 0. The van der Waals surface area contributed by atoms with Crippen LogP contribution in [-0.4, -0.2) is 78.1 Å². The minimum atomic E-state index is 0. The maximum absolute atomic E-state index is 0. The molecule has 4 N–H and O–H groups in total. The van der Waals surface area contributed by atoms with Gasteiger partial charge in [-0.3, -0.25) is 0 Å². The average Bonchev–Trinajstić information content (AvgIpc) is 0. The summed E-state index contributed by atoms with van der Waals surface area (Å²) in [5.41, 5.74) is 0. The van der Waals surface area contributed by atoms with Crippen molar-refractivity contribution in [3.63, 3.8) is 0 Å². The molecule has 0 heterocycles. The van der Waals surface area contributed by atoms with Crippen molar-refractivity contribution in [3.8, 4) is 0 Å². The molecule has 0 atom stereocenters. The summed E-state index contributed by atoms with van der Waals surface area (Å²) in [5.74, 6) is 0. The van der Waals surface area contributed by atoms with Gasteiger partial charge in [-0.1, -0.05) is 0 Å². The minimum Gasteiger partial charge on any atom is -0.870 e. The second kappa shape index (κ2) is 38.5. The quantitative estimate of drug-likeness (QED) is 0.436. The summed E-state index contributed by atoms with van der Waals surface area (Å²) in [6, 6.07) is 0. The normalized spacial score (nSPS) is 0. The van der Waals surface area contributed by atoms with Crippen LogP contribution < -0.4 is 0 Å². The van der Waals surface area contributed by atoms with E-state index < -0.39 is 0 Å². The first-order valence-electron chi connectivity index (χ1n) is 0. The largest absolute Gasteiger partial charge is 2.00 e. The molecule has 0 amide bonds. The molecule has 0 saturated carbocycles. The monoisotopic (exact) mass is 212 g/mol. The molecule has 0 aliphatic heterocycles. The van der Waals surface area contributed by atoms with Gasteiger partial charge in [0.25, 0.3) is 0 Å². The molecule has 0 unspecified atom stereocenters. The maximum atomic E-state index is 0. The topological polar surface area (TPSA) is 91.5 Å². The number of rotatable bonds is 0. The van der Waals surface area contributed by atoms with Crippen LogP contribution >= 0.6 is 0 Å². The molecule has 0 bridgehead atoms. The van der Waals surface area contributed by atoms with Gasteiger partial charge in [0.15, 0.2) is 0 Å². The van der Waals surface area contributed by atoms with Crippen molar-refractivity contribution in [2.75, 3.05) is 0 Å². The van der Waals surface area contributed by atoms with Crippen molar-refractivity contribution < 1.29 is 16.4 Å². The van der Waals surface area contributed by atoms with E-state index in [1.165, 1.54) is 0 Å². The van der Waals surface area contributed by atoms with Crippen LogP contribution in [0.5, 0.6) is 0 Å². The van der Waals surface area contributed by atoms with Gasteiger partial charge in [0.1, 0.15) is 0 Å². The van der Waals surface area contributed by atoms with Crippen LogP contribution in [0.4, 0.5) is 0 Å². The Kier molecular flexibility index (Phi) is 502. The summed E-state index contributed by atoms with van der Waals surface area (Å²) < 4.78 is 0. The van der Waals surface area contributed by atoms with Crippen molar-refractivity contribution in [2.45, 2.75) is 0 Å². The van der Waals surface area contributed by atoms with Crippen LogP contribution in [0, 0.1) is 0 Å². The van der Waals surface area contributed by atoms with Crippen LogP contribution in [-0.2, 0) is 0 Å². The Morgan fingerprint density at radius 2 is 0.800 bits per heavy atom. The molecule has 0 aromatic rings. The van der Waals surface area contributed by atoms with Crippen molar-refractivity contribution in [1.82, 2.24) is 0 Å². The molecule has 4 radical (unpaired) electrons. The third-order valence-electron chi connectivity index (χ3n) is 0. The van der Waals surface area contributed by atoms with Gasteiger partial charge in [-0.2, -0.15) is 0 Å². The molecule has 0 aromatic heterocycles. The van der Waals surface area contributed by atoms with Crippen molar-refractivity contribution in [1.29, 1.82) is 0 Å². The van der Waals surface area contributed by atoms with Crippen molar-refractivity contribution >= 4 is 61.6 Å². The summed E-state index contributed by atoms with van der Waals surface area (Å²) in [6.45, 7) is 0. The fourth-order valence-electron chi connectivity index (χ4n) is 0. The van der Waals surface area contributed by atoms with E-state index in [0.717, 1.165) is 0 Å². The molecule has 0 rings (SSSR count). The van der Waals surface area contributed by atoms with E-state index in [2.05, 4.69) is 0 Å². The maximum Gasteiger partial charge on any atom is 2.00 e. The summed E-state index contributed by atoms with van der Waals surface area (Å²) in [5, 5.41) is 0. The molecular weight excluding hydrogens is 207 g/mol. The van der Waals surface area contributed by atoms with Gasteiger partial charge in [-0.05, 0) is 0 Å². The Morgan fingerprint density at radius 1 is 0.800 bits per heavy atom. The minimum absolute atomic E-state index is 0. The number of hydrogen-bond acceptors (Lipinski definition) is 2. The van der Waals surface area contributed by atoms with E-state index in [4.69, 9.17) is 0 Å². The zero-order valence-electron chi connectivity index (χ0n) is 2.60. The van der Waals surface area contributed by atoms with Crippen LogP contribution in [0.15, 0.2) is 0 Å². The van der Waals surface area contributed by atoms with Crippen LogP contribution in [0.3, 0.4) is 0 Å². The fourth-order valence-corrected chi connectivity index (χ4v) is 0. The van der Waals surface area contributed by atoms with Crippen LogP contribution in [0.25, 0.3) is 0 Å². The second-order valence-electron chi connectivity index (χ2n) is 0. The van der Waals surface area contributed by atoms with Gasteiger partial charge in [-0.15, -0.1) is 0 Å². The van der Waals surface area contributed by atoms with Crippen LogP contribution in [0.1, 0.15) is 0 Å². The molecule has 0 fully saturated rings. The third kappa shape index (κ3) is 24.5. The van der Waals surface area contributed by atoms with Gasteiger partial charge in [0, 0.05) is 23.9 Å². The summed E-state index contributed by atoms with van der Waals surface area (Å²) in [4.78, 5) is 0. The Bertz CT molecular complexity index is 6.85. The zero-order valence-corrected chi connectivity index (χ0v) is 7.66. The molecule has 5 heteroatoms. The van der Waals surface area contributed by atoms with Gasteiger partial charge >= 0.3 is 37.7 Å². The average molecular weight is 211 g/mol. The molecule has 5 heavy (non-hydrogen) atoms. The Balaban J connectivity index is 0. The summed E-state index contributed by atoms with van der Waals surface area (Å²) >= 11 is 0. The van der Waals surface area contributed by atoms with Crippen LogP contribution in [0.2, 0.25) is 0 Å². The predicted octanol–water partition coefficient (Wildman–Crippen LogP) is -1.94. The molecule has 0 spiro atoms.